The van der Waals surface area contributed by atoms with Crippen LogP contribution in [0.1, 0.15) is 16.8 Å². The fourth-order valence-corrected chi connectivity index (χ4v) is 3.10. The van der Waals surface area contributed by atoms with Gasteiger partial charge in [-0.2, -0.15) is 0 Å². The molecule has 3 heterocycles. The van der Waals surface area contributed by atoms with E-state index in [1.807, 2.05) is 35.2 Å². The molecule has 0 saturated carbocycles. The van der Waals surface area contributed by atoms with Crippen LogP contribution >= 0.6 is 11.8 Å². The van der Waals surface area contributed by atoms with Crippen LogP contribution in [0.3, 0.4) is 0 Å². The molecule has 92 valence electrons. The van der Waals surface area contributed by atoms with E-state index in [0.717, 1.165) is 11.5 Å². The lowest BCUT2D eigenvalue weighted by Gasteiger charge is -2.21. The summed E-state index contributed by atoms with van der Waals surface area (Å²) in [6.07, 6.45) is 3.38. The Bertz CT molecular complexity index is 527. The highest BCUT2D eigenvalue weighted by Crippen LogP contribution is 2.39. The summed E-state index contributed by atoms with van der Waals surface area (Å²) in [5.41, 5.74) is 0.893. The normalized spacial score (nSPS) is 19.4. The van der Waals surface area contributed by atoms with E-state index in [2.05, 4.69) is 4.98 Å². The van der Waals surface area contributed by atoms with E-state index in [0.29, 0.717) is 12.3 Å². The van der Waals surface area contributed by atoms with E-state index >= 15 is 0 Å². The summed E-state index contributed by atoms with van der Waals surface area (Å²) in [5.74, 6) is 1.45. The molecule has 0 spiro atoms. The summed E-state index contributed by atoms with van der Waals surface area (Å²) in [4.78, 5) is 18.0. The Kier molecular flexibility index (Phi) is 3.06. The van der Waals surface area contributed by atoms with Crippen molar-refractivity contribution in [1.82, 2.24) is 9.88 Å². The fourth-order valence-electron chi connectivity index (χ4n) is 1.96. The Morgan fingerprint density at radius 3 is 3.06 bits per heavy atom. The average molecular weight is 260 g/mol. The highest BCUT2D eigenvalue weighted by molar-refractivity contribution is 8.00. The molecule has 2 aromatic heterocycles. The Morgan fingerprint density at radius 2 is 2.33 bits per heavy atom. The van der Waals surface area contributed by atoms with Gasteiger partial charge in [-0.15, -0.1) is 11.8 Å². The van der Waals surface area contributed by atoms with Crippen LogP contribution in [0.4, 0.5) is 0 Å². The predicted octanol–water partition coefficient (Wildman–Crippen LogP) is 2.45. The fraction of sp³-hybridized carbons (Fsp3) is 0.231. The van der Waals surface area contributed by atoms with E-state index in [4.69, 9.17) is 4.42 Å². The maximum Gasteiger partial charge on any atom is 0.234 e. The van der Waals surface area contributed by atoms with Crippen molar-refractivity contribution in [1.29, 1.82) is 0 Å². The van der Waals surface area contributed by atoms with Crippen molar-refractivity contribution in [3.8, 4) is 0 Å². The van der Waals surface area contributed by atoms with Gasteiger partial charge < -0.3 is 9.32 Å². The van der Waals surface area contributed by atoms with Gasteiger partial charge >= 0.3 is 0 Å². The van der Waals surface area contributed by atoms with Crippen molar-refractivity contribution in [3.05, 3.63) is 54.2 Å². The topological polar surface area (TPSA) is 46.3 Å². The van der Waals surface area contributed by atoms with Crippen LogP contribution in [-0.4, -0.2) is 21.5 Å². The standard InChI is InChI=1S/C13H12N2O2S/c16-12-9-18-13(11-5-3-7-17-11)15(12)8-10-4-1-2-6-14-10/h1-7,13H,8-9H2. The van der Waals surface area contributed by atoms with E-state index in [1.165, 1.54) is 0 Å². The van der Waals surface area contributed by atoms with Crippen molar-refractivity contribution in [2.24, 2.45) is 0 Å². The second kappa shape index (κ2) is 4.86. The SMILES string of the molecule is O=C1CSC(c2ccco2)N1Cc1ccccn1. The minimum Gasteiger partial charge on any atom is -0.466 e. The number of carbonyl (C=O) groups excluding carboxylic acids is 1. The van der Waals surface area contributed by atoms with Crippen LogP contribution < -0.4 is 0 Å². The molecule has 1 unspecified atom stereocenters. The quantitative estimate of drug-likeness (QED) is 0.850. The molecular weight excluding hydrogens is 248 g/mol. The molecule has 0 aromatic carbocycles. The lowest BCUT2D eigenvalue weighted by atomic mass is 10.3. The third-order valence-electron chi connectivity index (χ3n) is 2.81. The Labute approximate surface area is 109 Å². The van der Waals surface area contributed by atoms with E-state index in [1.54, 1.807) is 24.2 Å². The Morgan fingerprint density at radius 1 is 1.39 bits per heavy atom. The molecule has 1 atom stereocenters. The molecule has 5 heteroatoms. The van der Waals surface area contributed by atoms with Crippen LogP contribution in [0.15, 0.2) is 47.2 Å². The first-order valence-electron chi connectivity index (χ1n) is 5.69. The molecule has 1 amide bonds. The van der Waals surface area contributed by atoms with Crippen LogP contribution in [0, 0.1) is 0 Å². The molecule has 18 heavy (non-hydrogen) atoms. The van der Waals surface area contributed by atoms with Crippen molar-refractivity contribution in [2.45, 2.75) is 11.9 Å². The summed E-state index contributed by atoms with van der Waals surface area (Å²) in [6.45, 7) is 0.526. The summed E-state index contributed by atoms with van der Waals surface area (Å²) in [6, 6.07) is 9.47. The van der Waals surface area contributed by atoms with Gasteiger partial charge in [-0.05, 0) is 24.3 Å². The van der Waals surface area contributed by atoms with Crippen molar-refractivity contribution < 1.29 is 9.21 Å². The molecule has 1 aliphatic rings. The highest BCUT2D eigenvalue weighted by Gasteiger charge is 2.34. The number of nitrogens with zero attached hydrogens (tertiary/aromatic N) is 2. The second-order valence-corrected chi connectivity index (χ2v) is 5.09. The van der Waals surface area contributed by atoms with E-state index < -0.39 is 0 Å². The van der Waals surface area contributed by atoms with Gasteiger partial charge in [0.25, 0.3) is 0 Å². The van der Waals surface area contributed by atoms with Crippen LogP contribution in [0.5, 0.6) is 0 Å². The molecule has 0 radical (unpaired) electrons. The first-order chi connectivity index (χ1) is 8.84. The molecular formula is C13H12N2O2S. The summed E-state index contributed by atoms with van der Waals surface area (Å²) in [7, 11) is 0. The number of pyridine rings is 1. The average Bonchev–Trinajstić information content (AvgIpc) is 3.02. The van der Waals surface area contributed by atoms with Gasteiger partial charge in [-0.1, -0.05) is 6.07 Å². The van der Waals surface area contributed by atoms with Crippen LogP contribution in [0.2, 0.25) is 0 Å². The molecule has 0 aliphatic carbocycles. The first kappa shape index (κ1) is 11.3. The molecule has 0 bridgehead atoms. The summed E-state index contributed by atoms with van der Waals surface area (Å²) >= 11 is 1.59. The first-order valence-corrected chi connectivity index (χ1v) is 6.74. The van der Waals surface area contributed by atoms with Crippen LogP contribution in [0.25, 0.3) is 0 Å². The number of thioether (sulfide) groups is 1. The zero-order chi connectivity index (χ0) is 12.4. The third-order valence-corrected chi connectivity index (χ3v) is 4.03. The lowest BCUT2D eigenvalue weighted by molar-refractivity contribution is -0.128. The predicted molar refractivity (Wildman–Crippen MR) is 68.7 cm³/mol. The van der Waals surface area contributed by atoms with Gasteiger partial charge in [0.15, 0.2) is 0 Å². The molecule has 1 aliphatic heterocycles. The molecule has 1 saturated heterocycles. The zero-order valence-electron chi connectivity index (χ0n) is 9.65. The maximum absolute atomic E-state index is 11.9. The molecule has 3 rings (SSSR count). The summed E-state index contributed by atoms with van der Waals surface area (Å²) < 4.78 is 5.40. The lowest BCUT2D eigenvalue weighted by Crippen LogP contribution is -2.27. The second-order valence-electron chi connectivity index (χ2n) is 4.02. The Balaban J connectivity index is 1.82. The highest BCUT2D eigenvalue weighted by atomic mass is 32.2. The Hall–Kier alpha value is -1.75. The van der Waals surface area contributed by atoms with Gasteiger partial charge in [0.2, 0.25) is 5.91 Å². The number of furan rings is 1. The number of hydrogen-bond donors (Lipinski definition) is 0. The van der Waals surface area contributed by atoms with Gasteiger partial charge in [-0.3, -0.25) is 9.78 Å². The summed E-state index contributed by atoms with van der Waals surface area (Å²) in [5, 5.41) is -0.0329. The minimum absolute atomic E-state index is 0.0329. The van der Waals surface area contributed by atoms with Gasteiger partial charge in [0, 0.05) is 6.20 Å². The smallest absolute Gasteiger partial charge is 0.234 e. The maximum atomic E-state index is 11.9. The van der Waals surface area contributed by atoms with Crippen molar-refractivity contribution in [2.75, 3.05) is 5.75 Å². The number of carbonyl (C=O) groups is 1. The monoisotopic (exact) mass is 260 g/mol. The van der Waals surface area contributed by atoms with Gasteiger partial charge in [0.1, 0.15) is 11.1 Å². The minimum atomic E-state index is -0.0329. The molecule has 4 nitrogen and oxygen atoms in total. The van der Waals surface area contributed by atoms with Crippen molar-refractivity contribution in [3.63, 3.8) is 0 Å². The molecule has 1 fully saturated rings. The molecule has 0 N–H and O–H groups in total. The van der Waals surface area contributed by atoms with E-state index in [-0.39, 0.29) is 11.3 Å². The zero-order valence-corrected chi connectivity index (χ0v) is 10.5. The van der Waals surface area contributed by atoms with Gasteiger partial charge in [-0.25, -0.2) is 0 Å². The van der Waals surface area contributed by atoms with Crippen LogP contribution in [-0.2, 0) is 11.3 Å². The number of hydrogen-bond acceptors (Lipinski definition) is 4. The van der Waals surface area contributed by atoms with Gasteiger partial charge in [0.05, 0.1) is 24.3 Å². The largest absolute Gasteiger partial charge is 0.466 e. The van der Waals surface area contributed by atoms with Crippen molar-refractivity contribution >= 4 is 17.7 Å². The number of amides is 1. The van der Waals surface area contributed by atoms with E-state index in [9.17, 15) is 4.79 Å². The number of aromatic nitrogens is 1. The molecule has 2 aromatic rings. The number of rotatable bonds is 3. The third kappa shape index (κ3) is 2.13.